The molecule has 0 radical (unpaired) electrons. The Labute approximate surface area is 112 Å². The smallest absolute Gasteiger partial charge is 0.0737 e. The summed E-state index contributed by atoms with van der Waals surface area (Å²) in [7, 11) is 0. The molecule has 0 aliphatic heterocycles. The predicted molar refractivity (Wildman–Crippen MR) is 78.1 cm³/mol. The summed E-state index contributed by atoms with van der Waals surface area (Å²) in [5, 5.41) is 5.27. The molecule has 4 heteroatoms. The van der Waals surface area contributed by atoms with Crippen molar-refractivity contribution in [1.29, 1.82) is 0 Å². The summed E-state index contributed by atoms with van der Waals surface area (Å²) in [5.41, 5.74) is 7.75. The molecule has 1 aromatic carbocycles. The zero-order chi connectivity index (χ0) is 13.0. The van der Waals surface area contributed by atoms with Gasteiger partial charge in [-0.3, -0.25) is 4.98 Å². The molecule has 0 fully saturated rings. The molecule has 0 aliphatic carbocycles. The normalized spacial score (nSPS) is 12.6. The maximum Gasteiger partial charge on any atom is 0.0737 e. The number of aromatic nitrogens is 1. The van der Waals surface area contributed by atoms with Crippen LogP contribution in [0.3, 0.4) is 0 Å². The molecule has 0 saturated heterocycles. The van der Waals surface area contributed by atoms with Crippen molar-refractivity contribution in [3.63, 3.8) is 0 Å². The van der Waals surface area contributed by atoms with Crippen molar-refractivity contribution in [1.82, 2.24) is 4.98 Å². The molecule has 18 heavy (non-hydrogen) atoms. The van der Waals surface area contributed by atoms with E-state index in [4.69, 9.17) is 17.3 Å². The van der Waals surface area contributed by atoms with E-state index < -0.39 is 0 Å². The molecule has 0 bridgehead atoms. The summed E-state index contributed by atoms with van der Waals surface area (Å²) >= 11 is 5.97. The number of halogens is 1. The number of nitrogens with zero attached hydrogens (tertiary/aromatic N) is 1. The van der Waals surface area contributed by atoms with Crippen molar-refractivity contribution in [2.75, 3.05) is 11.9 Å². The summed E-state index contributed by atoms with van der Waals surface area (Å²) in [6.45, 7) is 2.79. The first-order valence-electron chi connectivity index (χ1n) is 6.25. The van der Waals surface area contributed by atoms with Crippen LogP contribution in [0, 0.1) is 0 Å². The lowest BCUT2D eigenvalue weighted by molar-refractivity contribution is 0.649. The van der Waals surface area contributed by atoms with E-state index in [1.165, 1.54) is 0 Å². The fourth-order valence-corrected chi connectivity index (χ4v) is 2.23. The summed E-state index contributed by atoms with van der Waals surface area (Å²) in [6.07, 6.45) is 3.97. The van der Waals surface area contributed by atoms with Gasteiger partial charge in [-0.2, -0.15) is 0 Å². The Bertz CT molecular complexity index is 527. The number of nitrogens with one attached hydrogen (secondary N) is 1. The van der Waals surface area contributed by atoms with E-state index in [1.54, 1.807) is 6.20 Å². The molecule has 0 aliphatic rings. The number of nitrogens with two attached hydrogens (primary N) is 1. The molecule has 2 aromatic rings. The Balaban J connectivity index is 2.32. The summed E-state index contributed by atoms with van der Waals surface area (Å²) in [4.78, 5) is 4.33. The minimum Gasteiger partial charge on any atom is -0.380 e. The topological polar surface area (TPSA) is 50.9 Å². The van der Waals surface area contributed by atoms with E-state index in [1.807, 2.05) is 24.3 Å². The van der Waals surface area contributed by atoms with Crippen LogP contribution < -0.4 is 11.1 Å². The molecule has 0 spiro atoms. The molecule has 96 valence electrons. The average molecular weight is 264 g/mol. The largest absolute Gasteiger partial charge is 0.380 e. The first-order chi connectivity index (χ1) is 8.74. The molecule has 1 unspecified atom stereocenters. The molecule has 3 nitrogen and oxygen atoms in total. The van der Waals surface area contributed by atoms with Gasteiger partial charge in [0.1, 0.15) is 0 Å². The highest BCUT2D eigenvalue weighted by atomic mass is 35.5. The second-order valence-corrected chi connectivity index (χ2v) is 4.82. The lowest BCUT2D eigenvalue weighted by Crippen LogP contribution is -2.28. The van der Waals surface area contributed by atoms with Crippen LogP contribution in [-0.2, 0) is 0 Å². The highest BCUT2D eigenvalue weighted by molar-refractivity contribution is 6.31. The number of pyridine rings is 1. The van der Waals surface area contributed by atoms with E-state index in [-0.39, 0.29) is 0 Å². The van der Waals surface area contributed by atoms with E-state index in [9.17, 15) is 0 Å². The molecule has 0 amide bonds. The molecule has 1 heterocycles. The summed E-state index contributed by atoms with van der Waals surface area (Å²) in [5.74, 6) is 0. The van der Waals surface area contributed by atoms with Gasteiger partial charge in [-0.1, -0.05) is 24.9 Å². The first-order valence-corrected chi connectivity index (χ1v) is 6.63. The lowest BCUT2D eigenvalue weighted by Gasteiger charge is -2.18. The Morgan fingerprint density at radius 3 is 2.94 bits per heavy atom. The van der Waals surface area contributed by atoms with Gasteiger partial charge in [0, 0.05) is 34.9 Å². The fourth-order valence-electron chi connectivity index (χ4n) is 2.06. The standard InChI is InChI=1S/C14H18ClN3/c1-2-3-11(9-16)18-13-6-7-17-14-8-10(15)4-5-12(13)14/h4-8,11H,2-3,9,16H2,1H3,(H,17,18). The zero-order valence-corrected chi connectivity index (χ0v) is 11.2. The van der Waals surface area contributed by atoms with Crippen LogP contribution >= 0.6 is 11.6 Å². The van der Waals surface area contributed by atoms with Gasteiger partial charge in [0.2, 0.25) is 0 Å². The second kappa shape index (κ2) is 6.03. The Morgan fingerprint density at radius 2 is 2.22 bits per heavy atom. The van der Waals surface area contributed by atoms with Crippen molar-refractivity contribution < 1.29 is 0 Å². The number of anilines is 1. The van der Waals surface area contributed by atoms with Crippen LogP contribution in [0.15, 0.2) is 30.5 Å². The third kappa shape index (κ3) is 2.92. The molecular formula is C14H18ClN3. The summed E-state index contributed by atoms with van der Waals surface area (Å²) < 4.78 is 0. The number of fused-ring (bicyclic) bond motifs is 1. The molecule has 2 rings (SSSR count). The minimum atomic E-state index is 0.302. The fraction of sp³-hybridized carbons (Fsp3) is 0.357. The maximum absolute atomic E-state index is 5.97. The van der Waals surface area contributed by atoms with E-state index >= 15 is 0 Å². The Hall–Kier alpha value is -1.32. The van der Waals surface area contributed by atoms with Gasteiger partial charge in [0.05, 0.1) is 5.52 Å². The quantitative estimate of drug-likeness (QED) is 0.869. The van der Waals surface area contributed by atoms with Gasteiger partial charge in [0.25, 0.3) is 0 Å². The maximum atomic E-state index is 5.97. The van der Waals surface area contributed by atoms with Crippen LogP contribution in [0.4, 0.5) is 5.69 Å². The van der Waals surface area contributed by atoms with Crippen molar-refractivity contribution in [3.8, 4) is 0 Å². The molecule has 1 aromatic heterocycles. The SMILES string of the molecule is CCCC(CN)Nc1ccnc2cc(Cl)ccc12. The molecular weight excluding hydrogens is 246 g/mol. The van der Waals surface area contributed by atoms with Crippen LogP contribution in [0.5, 0.6) is 0 Å². The van der Waals surface area contributed by atoms with Crippen molar-refractivity contribution in [2.24, 2.45) is 5.73 Å². The molecule has 3 N–H and O–H groups in total. The number of hydrogen-bond donors (Lipinski definition) is 2. The Morgan fingerprint density at radius 1 is 1.39 bits per heavy atom. The number of benzene rings is 1. The highest BCUT2D eigenvalue weighted by Gasteiger charge is 2.08. The minimum absolute atomic E-state index is 0.302. The Kier molecular flexibility index (Phi) is 4.39. The lowest BCUT2D eigenvalue weighted by atomic mass is 10.1. The summed E-state index contributed by atoms with van der Waals surface area (Å²) in [6, 6.07) is 8.03. The van der Waals surface area contributed by atoms with Crippen LogP contribution in [0.1, 0.15) is 19.8 Å². The monoisotopic (exact) mass is 263 g/mol. The zero-order valence-electron chi connectivity index (χ0n) is 10.5. The van der Waals surface area contributed by atoms with Crippen molar-refractivity contribution in [2.45, 2.75) is 25.8 Å². The van der Waals surface area contributed by atoms with Gasteiger partial charge in [-0.25, -0.2) is 0 Å². The van der Waals surface area contributed by atoms with E-state index in [0.717, 1.165) is 29.4 Å². The third-order valence-electron chi connectivity index (χ3n) is 2.99. The number of rotatable bonds is 5. The van der Waals surface area contributed by atoms with Gasteiger partial charge in [0.15, 0.2) is 0 Å². The predicted octanol–water partition coefficient (Wildman–Crippen LogP) is 3.43. The van der Waals surface area contributed by atoms with Crippen LogP contribution in [0.2, 0.25) is 5.02 Å². The van der Waals surface area contributed by atoms with Crippen LogP contribution in [0.25, 0.3) is 10.9 Å². The van der Waals surface area contributed by atoms with Gasteiger partial charge >= 0.3 is 0 Å². The first kappa shape index (κ1) is 13.1. The van der Waals surface area contributed by atoms with Gasteiger partial charge < -0.3 is 11.1 Å². The van der Waals surface area contributed by atoms with E-state index in [2.05, 4.69) is 17.2 Å². The van der Waals surface area contributed by atoms with Gasteiger partial charge in [-0.15, -0.1) is 0 Å². The molecule has 0 saturated carbocycles. The number of hydrogen-bond acceptors (Lipinski definition) is 3. The second-order valence-electron chi connectivity index (χ2n) is 4.39. The van der Waals surface area contributed by atoms with Gasteiger partial charge in [-0.05, 0) is 30.7 Å². The third-order valence-corrected chi connectivity index (χ3v) is 3.22. The molecule has 1 atom stereocenters. The van der Waals surface area contributed by atoms with Crippen molar-refractivity contribution >= 4 is 28.2 Å². The average Bonchev–Trinajstić information content (AvgIpc) is 2.38. The van der Waals surface area contributed by atoms with Crippen molar-refractivity contribution in [3.05, 3.63) is 35.5 Å². The highest BCUT2D eigenvalue weighted by Crippen LogP contribution is 2.25. The van der Waals surface area contributed by atoms with E-state index in [0.29, 0.717) is 17.6 Å². The van der Waals surface area contributed by atoms with Crippen LogP contribution in [-0.4, -0.2) is 17.6 Å².